The molecule has 146 valence electrons. The molecule has 28 heavy (non-hydrogen) atoms. The van der Waals surface area contributed by atoms with Crippen LogP contribution in [0.15, 0.2) is 53.1 Å². The molecular formula is C21H20F2N2O3. The minimum Gasteiger partial charge on any atom is -0.496 e. The van der Waals surface area contributed by atoms with Gasteiger partial charge in [0.1, 0.15) is 17.4 Å². The number of halogens is 2. The van der Waals surface area contributed by atoms with Crippen molar-refractivity contribution in [2.75, 3.05) is 7.11 Å². The van der Waals surface area contributed by atoms with Gasteiger partial charge in [-0.25, -0.2) is 13.8 Å². The van der Waals surface area contributed by atoms with Gasteiger partial charge in [-0.3, -0.25) is 4.79 Å². The van der Waals surface area contributed by atoms with Gasteiger partial charge in [-0.15, -0.1) is 0 Å². The highest BCUT2D eigenvalue weighted by molar-refractivity contribution is 5.76. The van der Waals surface area contributed by atoms with Crippen molar-refractivity contribution in [1.29, 1.82) is 0 Å². The van der Waals surface area contributed by atoms with Crippen LogP contribution in [-0.2, 0) is 11.2 Å². The summed E-state index contributed by atoms with van der Waals surface area (Å²) >= 11 is 0. The Morgan fingerprint density at radius 2 is 1.89 bits per heavy atom. The van der Waals surface area contributed by atoms with Gasteiger partial charge in [-0.05, 0) is 25.1 Å². The normalized spacial score (nSPS) is 11.9. The molecule has 3 rings (SSSR count). The maximum atomic E-state index is 13.8. The second-order valence-corrected chi connectivity index (χ2v) is 6.25. The van der Waals surface area contributed by atoms with E-state index in [1.807, 2.05) is 31.2 Å². The molecule has 0 radical (unpaired) electrons. The van der Waals surface area contributed by atoms with Gasteiger partial charge in [-0.2, -0.15) is 0 Å². The number of nitrogens with zero attached hydrogens (tertiary/aromatic N) is 1. The van der Waals surface area contributed by atoms with Gasteiger partial charge >= 0.3 is 0 Å². The molecule has 0 bridgehead atoms. The lowest BCUT2D eigenvalue weighted by molar-refractivity contribution is -0.121. The molecule has 0 saturated carbocycles. The number of rotatable bonds is 7. The molecule has 7 heteroatoms. The SMILES string of the molecule is COc1ccccc1[C@H](C)NC(=O)CCc1ncc(-c2c(F)cccc2F)o1. The van der Waals surface area contributed by atoms with Crippen molar-refractivity contribution in [3.8, 4) is 17.1 Å². The van der Waals surface area contributed by atoms with Crippen molar-refractivity contribution in [2.24, 2.45) is 0 Å². The largest absolute Gasteiger partial charge is 0.496 e. The van der Waals surface area contributed by atoms with Crippen molar-refractivity contribution in [3.63, 3.8) is 0 Å². The van der Waals surface area contributed by atoms with Gasteiger partial charge < -0.3 is 14.5 Å². The number of hydrogen-bond donors (Lipinski definition) is 1. The van der Waals surface area contributed by atoms with E-state index in [1.165, 1.54) is 12.3 Å². The lowest BCUT2D eigenvalue weighted by Crippen LogP contribution is -2.27. The molecule has 1 heterocycles. The first kappa shape index (κ1) is 19.5. The minimum atomic E-state index is -0.730. The van der Waals surface area contributed by atoms with E-state index >= 15 is 0 Å². The summed E-state index contributed by atoms with van der Waals surface area (Å²) in [5.74, 6) is -0.738. The van der Waals surface area contributed by atoms with Crippen LogP contribution in [0, 0.1) is 11.6 Å². The van der Waals surface area contributed by atoms with Crippen LogP contribution in [0.1, 0.15) is 30.8 Å². The van der Waals surface area contributed by atoms with Crippen LogP contribution < -0.4 is 10.1 Å². The van der Waals surface area contributed by atoms with E-state index in [-0.39, 0.29) is 42.0 Å². The van der Waals surface area contributed by atoms with Gasteiger partial charge in [0.2, 0.25) is 5.91 Å². The van der Waals surface area contributed by atoms with Crippen LogP contribution in [0.2, 0.25) is 0 Å². The zero-order valence-electron chi connectivity index (χ0n) is 15.5. The lowest BCUT2D eigenvalue weighted by Gasteiger charge is -2.17. The number of methoxy groups -OCH3 is 1. The Balaban J connectivity index is 1.60. The molecule has 3 aromatic rings. The Bertz CT molecular complexity index is 952. The highest BCUT2D eigenvalue weighted by Gasteiger charge is 2.17. The highest BCUT2D eigenvalue weighted by Crippen LogP contribution is 2.27. The van der Waals surface area contributed by atoms with E-state index in [0.717, 1.165) is 17.7 Å². The Kier molecular flexibility index (Phi) is 6.03. The maximum absolute atomic E-state index is 13.8. The zero-order valence-corrected chi connectivity index (χ0v) is 15.5. The summed E-state index contributed by atoms with van der Waals surface area (Å²) in [4.78, 5) is 16.3. The summed E-state index contributed by atoms with van der Waals surface area (Å²) in [5, 5.41) is 2.89. The number of hydrogen-bond acceptors (Lipinski definition) is 4. The van der Waals surface area contributed by atoms with Gasteiger partial charge in [0.15, 0.2) is 11.7 Å². The number of carbonyl (C=O) groups is 1. The Morgan fingerprint density at radius 3 is 2.61 bits per heavy atom. The smallest absolute Gasteiger partial charge is 0.220 e. The predicted octanol–water partition coefficient (Wildman–Crippen LogP) is 4.44. The molecule has 0 aliphatic heterocycles. The number of oxazole rings is 1. The van der Waals surface area contributed by atoms with E-state index in [1.54, 1.807) is 7.11 Å². The molecule has 1 amide bonds. The fraction of sp³-hybridized carbons (Fsp3) is 0.238. The minimum absolute atomic E-state index is 0.00611. The third-order valence-corrected chi connectivity index (χ3v) is 4.31. The van der Waals surface area contributed by atoms with E-state index < -0.39 is 11.6 Å². The van der Waals surface area contributed by atoms with Gasteiger partial charge in [0.25, 0.3) is 0 Å². The number of aromatic nitrogens is 1. The van der Waals surface area contributed by atoms with Crippen LogP contribution in [0.5, 0.6) is 5.75 Å². The number of para-hydroxylation sites is 1. The molecular weight excluding hydrogens is 366 g/mol. The van der Waals surface area contributed by atoms with Crippen LogP contribution in [0.3, 0.4) is 0 Å². The Hall–Kier alpha value is -3.22. The summed E-state index contributed by atoms with van der Waals surface area (Å²) in [5.41, 5.74) is 0.599. The number of amides is 1. The summed E-state index contributed by atoms with van der Waals surface area (Å²) in [6, 6.07) is 10.8. The summed E-state index contributed by atoms with van der Waals surface area (Å²) in [6.07, 6.45) is 1.59. The number of carbonyl (C=O) groups excluding carboxylic acids is 1. The number of ether oxygens (including phenoxy) is 1. The van der Waals surface area contributed by atoms with Crippen molar-refractivity contribution >= 4 is 5.91 Å². The van der Waals surface area contributed by atoms with E-state index in [4.69, 9.17) is 9.15 Å². The second kappa shape index (κ2) is 8.65. The van der Waals surface area contributed by atoms with Crippen LogP contribution in [-0.4, -0.2) is 18.0 Å². The molecule has 5 nitrogen and oxygen atoms in total. The average molecular weight is 386 g/mol. The molecule has 0 aliphatic rings. The Labute approximate surface area is 161 Å². The third-order valence-electron chi connectivity index (χ3n) is 4.31. The molecule has 0 fully saturated rings. The predicted molar refractivity (Wildman–Crippen MR) is 99.7 cm³/mol. The molecule has 2 aromatic carbocycles. The molecule has 0 unspecified atom stereocenters. The number of aryl methyl sites for hydroxylation is 1. The van der Waals surface area contributed by atoms with Crippen molar-refractivity contribution in [1.82, 2.24) is 10.3 Å². The maximum Gasteiger partial charge on any atom is 0.220 e. The molecule has 1 aromatic heterocycles. The highest BCUT2D eigenvalue weighted by atomic mass is 19.1. The van der Waals surface area contributed by atoms with E-state index in [9.17, 15) is 13.6 Å². The fourth-order valence-corrected chi connectivity index (χ4v) is 2.91. The Morgan fingerprint density at radius 1 is 1.18 bits per heavy atom. The van der Waals surface area contributed by atoms with Crippen molar-refractivity contribution in [3.05, 3.63) is 71.8 Å². The molecule has 0 aliphatic carbocycles. The van der Waals surface area contributed by atoms with Crippen LogP contribution in [0.25, 0.3) is 11.3 Å². The first-order valence-corrected chi connectivity index (χ1v) is 8.81. The quantitative estimate of drug-likeness (QED) is 0.652. The topological polar surface area (TPSA) is 64.4 Å². The third kappa shape index (κ3) is 4.36. The lowest BCUT2D eigenvalue weighted by atomic mass is 10.1. The first-order chi connectivity index (χ1) is 13.5. The van der Waals surface area contributed by atoms with Crippen molar-refractivity contribution in [2.45, 2.75) is 25.8 Å². The van der Waals surface area contributed by atoms with Crippen molar-refractivity contribution < 1.29 is 22.7 Å². The average Bonchev–Trinajstić information content (AvgIpc) is 3.14. The fourth-order valence-electron chi connectivity index (χ4n) is 2.91. The molecule has 1 atom stereocenters. The summed E-state index contributed by atoms with van der Waals surface area (Å²) < 4.78 is 38.4. The number of benzene rings is 2. The van der Waals surface area contributed by atoms with Gasteiger partial charge in [0.05, 0.1) is 24.9 Å². The summed E-state index contributed by atoms with van der Waals surface area (Å²) in [7, 11) is 1.58. The van der Waals surface area contributed by atoms with Crippen LogP contribution >= 0.6 is 0 Å². The molecule has 0 saturated heterocycles. The molecule has 0 spiro atoms. The zero-order chi connectivity index (χ0) is 20.1. The van der Waals surface area contributed by atoms with Gasteiger partial charge in [0, 0.05) is 18.4 Å². The molecule has 1 N–H and O–H groups in total. The summed E-state index contributed by atoms with van der Waals surface area (Å²) in [6.45, 7) is 1.86. The number of nitrogens with one attached hydrogen (secondary N) is 1. The second-order valence-electron chi connectivity index (χ2n) is 6.25. The monoisotopic (exact) mass is 386 g/mol. The van der Waals surface area contributed by atoms with E-state index in [0.29, 0.717) is 5.75 Å². The standard InChI is InChI=1S/C21H20F2N2O3/c1-13(14-6-3-4-9-17(14)27-2)25-19(26)10-11-20-24-12-18(28-20)21-15(22)7-5-8-16(21)23/h3-9,12-13H,10-11H2,1-2H3,(H,25,26)/t13-/m0/s1. The first-order valence-electron chi connectivity index (χ1n) is 8.81. The van der Waals surface area contributed by atoms with Gasteiger partial charge in [-0.1, -0.05) is 24.3 Å². The van der Waals surface area contributed by atoms with E-state index in [2.05, 4.69) is 10.3 Å². The van der Waals surface area contributed by atoms with Crippen LogP contribution in [0.4, 0.5) is 8.78 Å².